The van der Waals surface area contributed by atoms with Crippen LogP contribution >= 0.6 is 0 Å². The lowest BCUT2D eigenvalue weighted by Gasteiger charge is -2.26. The van der Waals surface area contributed by atoms with E-state index in [0.29, 0.717) is 5.56 Å². The zero-order valence-electron chi connectivity index (χ0n) is 31.1. The quantitative estimate of drug-likeness (QED) is 0.0927. The predicted octanol–water partition coefficient (Wildman–Crippen LogP) is 12.4. The Bertz CT molecular complexity index is 2330. The number of hydrogen-bond acceptors (Lipinski definition) is 6. The van der Waals surface area contributed by atoms with Crippen molar-refractivity contribution >= 4 is 28.4 Å². The maximum Gasteiger partial charge on any atom is 0.204 e. The number of benzene rings is 7. The fourth-order valence-electron chi connectivity index (χ4n) is 7.04. The first-order chi connectivity index (χ1) is 25.9. The van der Waals surface area contributed by atoms with Gasteiger partial charge >= 0.3 is 0 Å². The van der Waals surface area contributed by atoms with E-state index in [2.05, 4.69) is 159 Å². The van der Waals surface area contributed by atoms with Crippen LogP contribution in [0.15, 0.2) is 152 Å². The molecule has 0 aliphatic heterocycles. The van der Waals surface area contributed by atoms with Crippen molar-refractivity contribution in [2.24, 2.45) is 0 Å². The zero-order valence-corrected chi connectivity index (χ0v) is 31.1. The van der Waals surface area contributed by atoms with Crippen molar-refractivity contribution in [3.63, 3.8) is 0 Å². The molecule has 0 atom stereocenters. The van der Waals surface area contributed by atoms with Gasteiger partial charge in [-0.25, -0.2) is 0 Å². The third-order valence-electron chi connectivity index (χ3n) is 10.1. The summed E-state index contributed by atoms with van der Waals surface area (Å²) in [5.74, 6) is -2.40. The minimum atomic E-state index is -0.743. The second-order valence-corrected chi connectivity index (χ2v) is 14.6. The Kier molecular flexibility index (Phi) is 9.53. The number of rotatable bonds is 8. The van der Waals surface area contributed by atoms with Gasteiger partial charge in [0.1, 0.15) is 0 Å². The number of nitrogens with zero attached hydrogens (tertiary/aromatic N) is 2. The molecule has 0 radical (unpaired) electrons. The minimum absolute atomic E-state index is 0.267. The van der Waals surface area contributed by atoms with Gasteiger partial charge in [0.2, 0.25) is 11.5 Å². The number of anilines is 5. The molecule has 0 spiro atoms. The monoisotopic (exact) mass is 712 g/mol. The zero-order chi connectivity index (χ0) is 38.1. The van der Waals surface area contributed by atoms with Crippen molar-refractivity contribution in [3.05, 3.63) is 163 Å². The average molecular weight is 713 g/mol. The van der Waals surface area contributed by atoms with Gasteiger partial charge < -0.3 is 30.2 Å². The third kappa shape index (κ3) is 6.82. The summed E-state index contributed by atoms with van der Waals surface area (Å²) in [6.45, 7) is 7.97. The predicted molar refractivity (Wildman–Crippen MR) is 222 cm³/mol. The molecule has 0 heterocycles. The van der Waals surface area contributed by atoms with Crippen LogP contribution in [0.4, 0.5) is 28.4 Å². The van der Waals surface area contributed by atoms with E-state index in [4.69, 9.17) is 0 Å². The largest absolute Gasteiger partial charge is 0.504 e. The Morgan fingerprint density at radius 1 is 0.426 bits per heavy atom. The lowest BCUT2D eigenvalue weighted by Crippen LogP contribution is -2.13. The van der Waals surface area contributed by atoms with Crippen LogP contribution in [0.5, 0.6) is 23.0 Å². The minimum Gasteiger partial charge on any atom is -0.504 e. The first kappa shape index (κ1) is 35.7. The molecule has 7 aromatic carbocycles. The molecule has 270 valence electrons. The van der Waals surface area contributed by atoms with Crippen molar-refractivity contribution < 1.29 is 20.4 Å². The molecular weight excluding hydrogens is 669 g/mol. The molecule has 0 unspecified atom stereocenters. The molecule has 6 heteroatoms. The van der Waals surface area contributed by atoms with E-state index in [1.54, 1.807) is 6.92 Å². The van der Waals surface area contributed by atoms with Gasteiger partial charge in [-0.15, -0.1) is 0 Å². The van der Waals surface area contributed by atoms with Crippen LogP contribution in [-0.2, 0) is 5.41 Å². The van der Waals surface area contributed by atoms with Crippen molar-refractivity contribution in [3.8, 4) is 56.4 Å². The number of phenolic OH excluding ortho intramolecular Hbond substituents is 4. The number of para-hydroxylation sites is 2. The van der Waals surface area contributed by atoms with Crippen LogP contribution < -0.4 is 9.80 Å². The van der Waals surface area contributed by atoms with Crippen LogP contribution in [0.2, 0.25) is 0 Å². The van der Waals surface area contributed by atoms with Gasteiger partial charge in [-0.3, -0.25) is 0 Å². The fourth-order valence-corrected chi connectivity index (χ4v) is 7.04. The Labute approximate surface area is 317 Å². The number of hydrogen-bond donors (Lipinski definition) is 4. The molecule has 0 fully saturated rings. The lowest BCUT2D eigenvalue weighted by molar-refractivity contribution is 0.345. The van der Waals surface area contributed by atoms with Gasteiger partial charge in [0.05, 0.1) is 0 Å². The van der Waals surface area contributed by atoms with Crippen molar-refractivity contribution in [1.29, 1.82) is 0 Å². The maximum atomic E-state index is 10.7. The summed E-state index contributed by atoms with van der Waals surface area (Å²) in [6.07, 6.45) is 0. The Morgan fingerprint density at radius 2 is 0.833 bits per heavy atom. The van der Waals surface area contributed by atoms with Gasteiger partial charge in [0.25, 0.3) is 0 Å². The van der Waals surface area contributed by atoms with Crippen molar-refractivity contribution in [1.82, 2.24) is 0 Å². The topological polar surface area (TPSA) is 87.4 Å². The normalized spacial score (nSPS) is 11.4. The molecule has 54 heavy (non-hydrogen) atoms. The van der Waals surface area contributed by atoms with Gasteiger partial charge in [-0.2, -0.15) is 0 Å². The molecule has 7 aromatic rings. The van der Waals surface area contributed by atoms with E-state index in [9.17, 15) is 20.4 Å². The number of phenols is 4. The van der Waals surface area contributed by atoms with E-state index >= 15 is 0 Å². The molecule has 0 aromatic heterocycles. The van der Waals surface area contributed by atoms with Crippen molar-refractivity contribution in [2.45, 2.75) is 33.1 Å². The standard InChI is InChI=1S/C48H44N2O4/c1-31-43(45(52)47(54)46(53)44(31)51)35-22-29-41(42(30-35)48(2,3)4)34-20-25-37(26-21-34)49(5)36-23-16-32(17-24-36)33-18-27-40(28-19-33)50(38-12-8-6-9-13-38)39-14-10-7-11-15-39/h6-30,51-54H,1-5H3. The van der Waals surface area contributed by atoms with E-state index in [-0.39, 0.29) is 16.5 Å². The molecule has 0 amide bonds. The molecule has 7 rings (SSSR count). The van der Waals surface area contributed by atoms with Gasteiger partial charge in [0, 0.05) is 46.6 Å². The molecule has 0 bridgehead atoms. The Hall–Kier alpha value is -6.66. The second-order valence-electron chi connectivity index (χ2n) is 14.6. The summed E-state index contributed by atoms with van der Waals surface area (Å²) in [5.41, 5.74) is 11.7. The summed E-state index contributed by atoms with van der Waals surface area (Å²) < 4.78 is 0. The summed E-state index contributed by atoms with van der Waals surface area (Å²) in [4.78, 5) is 4.42. The lowest BCUT2D eigenvalue weighted by atomic mass is 9.80. The highest BCUT2D eigenvalue weighted by molar-refractivity contribution is 5.85. The molecule has 0 saturated heterocycles. The highest BCUT2D eigenvalue weighted by Gasteiger charge is 2.25. The molecule has 0 aliphatic carbocycles. The van der Waals surface area contributed by atoms with Crippen LogP contribution in [0.25, 0.3) is 33.4 Å². The van der Waals surface area contributed by atoms with E-state index in [0.717, 1.165) is 56.3 Å². The Morgan fingerprint density at radius 3 is 1.31 bits per heavy atom. The Balaban J connectivity index is 1.11. The average Bonchev–Trinajstić information content (AvgIpc) is 3.20. The van der Waals surface area contributed by atoms with Gasteiger partial charge in [-0.1, -0.05) is 106 Å². The van der Waals surface area contributed by atoms with E-state index in [1.807, 2.05) is 30.3 Å². The molecular formula is C48H44N2O4. The fraction of sp³-hybridized carbons (Fsp3) is 0.125. The van der Waals surface area contributed by atoms with Crippen LogP contribution in [0, 0.1) is 6.92 Å². The first-order valence-electron chi connectivity index (χ1n) is 18.0. The third-order valence-corrected chi connectivity index (χ3v) is 10.1. The van der Waals surface area contributed by atoms with Crippen LogP contribution in [0.3, 0.4) is 0 Å². The van der Waals surface area contributed by atoms with Gasteiger partial charge in [0.15, 0.2) is 11.5 Å². The summed E-state index contributed by atoms with van der Waals surface area (Å²) in [5, 5.41) is 41.4. The molecule has 4 N–H and O–H groups in total. The second kappa shape index (κ2) is 14.4. The highest BCUT2D eigenvalue weighted by Crippen LogP contribution is 2.51. The van der Waals surface area contributed by atoms with Gasteiger partial charge in [-0.05, 0) is 112 Å². The molecule has 0 aliphatic rings. The molecule has 6 nitrogen and oxygen atoms in total. The SMILES string of the molecule is Cc1c(O)c(O)c(O)c(O)c1-c1ccc(-c2ccc(N(C)c3ccc(-c4ccc(N(c5ccccc5)c5ccccc5)cc4)cc3)cc2)c(C(C)(C)C)c1. The summed E-state index contributed by atoms with van der Waals surface area (Å²) in [6, 6.07) is 52.4. The van der Waals surface area contributed by atoms with E-state index < -0.39 is 23.0 Å². The highest BCUT2D eigenvalue weighted by atomic mass is 16.3. The number of aromatic hydroxyl groups is 4. The maximum absolute atomic E-state index is 10.7. The summed E-state index contributed by atoms with van der Waals surface area (Å²) >= 11 is 0. The van der Waals surface area contributed by atoms with Crippen molar-refractivity contribution in [2.75, 3.05) is 16.8 Å². The van der Waals surface area contributed by atoms with E-state index in [1.165, 1.54) is 0 Å². The molecule has 0 saturated carbocycles. The first-order valence-corrected chi connectivity index (χ1v) is 18.0. The van der Waals surface area contributed by atoms with Crippen LogP contribution in [-0.4, -0.2) is 27.5 Å². The van der Waals surface area contributed by atoms with Crippen LogP contribution in [0.1, 0.15) is 31.9 Å². The smallest absolute Gasteiger partial charge is 0.204 e. The summed E-state index contributed by atoms with van der Waals surface area (Å²) in [7, 11) is 2.06.